The van der Waals surface area contributed by atoms with Crippen LogP contribution in [0.25, 0.3) is 32.9 Å². The van der Waals surface area contributed by atoms with Crippen LogP contribution >= 0.6 is 0 Å². The van der Waals surface area contributed by atoms with Crippen LogP contribution in [-0.4, -0.2) is 4.57 Å². The highest BCUT2D eigenvalue weighted by Gasteiger charge is 2.17. The van der Waals surface area contributed by atoms with Crippen molar-refractivity contribution in [3.8, 4) is 5.69 Å². The Morgan fingerprint density at radius 2 is 1.39 bits per heavy atom. The molecule has 0 atom stereocenters. The van der Waals surface area contributed by atoms with Crippen LogP contribution in [0.4, 0.5) is 17.1 Å². The third kappa shape index (κ3) is 4.01. The second-order valence-electron chi connectivity index (χ2n) is 9.78. The molecule has 0 aliphatic heterocycles. The molecular formula is C36H28N2. The predicted octanol–water partition coefficient (Wildman–Crippen LogP) is 9.99. The van der Waals surface area contributed by atoms with Crippen LogP contribution in [0.15, 0.2) is 146 Å². The molecule has 0 radical (unpaired) electrons. The fourth-order valence-corrected chi connectivity index (χ4v) is 5.54. The van der Waals surface area contributed by atoms with E-state index in [4.69, 9.17) is 0 Å². The molecule has 1 aliphatic carbocycles. The zero-order valence-corrected chi connectivity index (χ0v) is 21.2. The van der Waals surface area contributed by atoms with Gasteiger partial charge in [-0.05, 0) is 84.0 Å². The highest BCUT2D eigenvalue weighted by molar-refractivity contribution is 6.00. The molecule has 6 aromatic rings. The number of fused-ring (bicyclic) bond motifs is 2. The summed E-state index contributed by atoms with van der Waals surface area (Å²) in [4.78, 5) is 2.39. The SMILES string of the molecule is C1=CC(c2ccc(N(c3ccc4c(ccn4-c4ccccc4)c3)c3cccc4ccccc34)cc2)=CCC1. The third-order valence-electron chi connectivity index (χ3n) is 7.43. The van der Waals surface area contributed by atoms with Crippen molar-refractivity contribution in [3.63, 3.8) is 0 Å². The van der Waals surface area contributed by atoms with Crippen LogP contribution in [0.3, 0.4) is 0 Å². The minimum atomic E-state index is 1.11. The summed E-state index contributed by atoms with van der Waals surface area (Å²) in [6, 6.07) is 43.7. The second-order valence-corrected chi connectivity index (χ2v) is 9.78. The minimum absolute atomic E-state index is 1.11. The van der Waals surface area contributed by atoms with Crippen molar-refractivity contribution in [1.82, 2.24) is 4.57 Å². The number of allylic oxidation sites excluding steroid dienone is 4. The topological polar surface area (TPSA) is 8.17 Å². The molecule has 1 heterocycles. The average molecular weight is 489 g/mol. The molecular weight excluding hydrogens is 460 g/mol. The number of hydrogen-bond donors (Lipinski definition) is 0. The van der Waals surface area contributed by atoms with E-state index in [2.05, 4.69) is 155 Å². The van der Waals surface area contributed by atoms with E-state index in [0.717, 1.165) is 24.2 Å². The van der Waals surface area contributed by atoms with Gasteiger partial charge in [0.1, 0.15) is 0 Å². The fraction of sp³-hybridized carbons (Fsp3) is 0.0556. The van der Waals surface area contributed by atoms with Crippen LogP contribution in [0.5, 0.6) is 0 Å². The van der Waals surface area contributed by atoms with Crippen molar-refractivity contribution in [2.75, 3.05) is 4.90 Å². The molecule has 182 valence electrons. The number of rotatable bonds is 5. The molecule has 2 nitrogen and oxygen atoms in total. The number of hydrogen-bond acceptors (Lipinski definition) is 1. The van der Waals surface area contributed by atoms with Crippen molar-refractivity contribution >= 4 is 44.3 Å². The lowest BCUT2D eigenvalue weighted by Gasteiger charge is -2.27. The van der Waals surface area contributed by atoms with Gasteiger partial charge in [0.05, 0.1) is 11.2 Å². The maximum Gasteiger partial charge on any atom is 0.0540 e. The fourth-order valence-electron chi connectivity index (χ4n) is 5.54. The Hall–Kier alpha value is -4.82. The Morgan fingerprint density at radius 1 is 0.605 bits per heavy atom. The highest BCUT2D eigenvalue weighted by atomic mass is 15.1. The first kappa shape index (κ1) is 22.4. The van der Waals surface area contributed by atoms with Crippen LogP contribution < -0.4 is 4.90 Å². The van der Waals surface area contributed by atoms with Crippen LogP contribution in [0.2, 0.25) is 0 Å². The van der Waals surface area contributed by atoms with Crippen LogP contribution in [0.1, 0.15) is 18.4 Å². The van der Waals surface area contributed by atoms with Crippen molar-refractivity contribution < 1.29 is 0 Å². The maximum absolute atomic E-state index is 2.39. The number of anilines is 3. The van der Waals surface area contributed by atoms with Gasteiger partial charge in [-0.15, -0.1) is 0 Å². The largest absolute Gasteiger partial charge is 0.317 e. The molecule has 1 aliphatic rings. The van der Waals surface area contributed by atoms with Crippen molar-refractivity contribution in [3.05, 3.63) is 151 Å². The zero-order valence-electron chi connectivity index (χ0n) is 21.2. The van der Waals surface area contributed by atoms with E-state index in [1.54, 1.807) is 0 Å². The molecule has 0 bridgehead atoms. The number of aromatic nitrogens is 1. The maximum atomic E-state index is 2.39. The van der Waals surface area contributed by atoms with Gasteiger partial charge in [-0.3, -0.25) is 0 Å². The zero-order chi connectivity index (χ0) is 25.3. The smallest absolute Gasteiger partial charge is 0.0540 e. The quantitative estimate of drug-likeness (QED) is 0.234. The molecule has 0 saturated heterocycles. The molecule has 38 heavy (non-hydrogen) atoms. The molecule has 1 aromatic heterocycles. The summed E-state index contributed by atoms with van der Waals surface area (Å²) in [6.45, 7) is 0. The summed E-state index contributed by atoms with van der Waals surface area (Å²) >= 11 is 0. The summed E-state index contributed by atoms with van der Waals surface area (Å²) in [5.74, 6) is 0. The monoisotopic (exact) mass is 488 g/mol. The van der Waals surface area contributed by atoms with Crippen LogP contribution in [0, 0.1) is 0 Å². The van der Waals surface area contributed by atoms with E-state index >= 15 is 0 Å². The van der Waals surface area contributed by atoms with E-state index in [0.29, 0.717) is 0 Å². The molecule has 0 N–H and O–H groups in total. The van der Waals surface area contributed by atoms with E-state index in [9.17, 15) is 0 Å². The molecule has 0 amide bonds. The summed E-state index contributed by atoms with van der Waals surface area (Å²) in [6.07, 6.45) is 11.2. The summed E-state index contributed by atoms with van der Waals surface area (Å²) < 4.78 is 2.25. The van der Waals surface area contributed by atoms with Gasteiger partial charge in [0, 0.05) is 34.0 Å². The minimum Gasteiger partial charge on any atom is -0.317 e. The second kappa shape index (κ2) is 9.57. The first-order chi connectivity index (χ1) is 18.8. The highest BCUT2D eigenvalue weighted by Crippen LogP contribution is 2.40. The average Bonchev–Trinajstić information content (AvgIpc) is 3.42. The van der Waals surface area contributed by atoms with Gasteiger partial charge in [-0.2, -0.15) is 0 Å². The Bertz CT molecular complexity index is 1800. The molecule has 0 spiro atoms. The van der Waals surface area contributed by atoms with Gasteiger partial charge in [-0.1, -0.05) is 85.0 Å². The Balaban J connectivity index is 1.37. The van der Waals surface area contributed by atoms with Gasteiger partial charge < -0.3 is 9.47 Å². The van der Waals surface area contributed by atoms with Gasteiger partial charge in [0.15, 0.2) is 0 Å². The lowest BCUT2D eigenvalue weighted by molar-refractivity contribution is 1.04. The van der Waals surface area contributed by atoms with Gasteiger partial charge in [0.2, 0.25) is 0 Å². The molecule has 0 unspecified atom stereocenters. The number of nitrogens with zero attached hydrogens (tertiary/aromatic N) is 2. The van der Waals surface area contributed by atoms with Gasteiger partial charge in [-0.25, -0.2) is 0 Å². The Morgan fingerprint density at radius 3 is 2.24 bits per heavy atom. The first-order valence-electron chi connectivity index (χ1n) is 13.3. The van der Waals surface area contributed by atoms with E-state index in [1.165, 1.54) is 44.2 Å². The molecule has 5 aromatic carbocycles. The van der Waals surface area contributed by atoms with Crippen molar-refractivity contribution in [2.45, 2.75) is 12.8 Å². The van der Waals surface area contributed by atoms with Crippen LogP contribution in [-0.2, 0) is 0 Å². The lowest BCUT2D eigenvalue weighted by Crippen LogP contribution is -2.10. The molecule has 0 fully saturated rings. The predicted molar refractivity (Wildman–Crippen MR) is 162 cm³/mol. The van der Waals surface area contributed by atoms with Crippen molar-refractivity contribution in [1.29, 1.82) is 0 Å². The summed E-state index contributed by atoms with van der Waals surface area (Å²) in [5.41, 5.74) is 8.40. The molecule has 0 saturated carbocycles. The molecule has 7 rings (SSSR count). The molecule has 2 heteroatoms. The summed E-state index contributed by atoms with van der Waals surface area (Å²) in [7, 11) is 0. The van der Waals surface area contributed by atoms with E-state index in [1.807, 2.05) is 0 Å². The van der Waals surface area contributed by atoms with E-state index < -0.39 is 0 Å². The number of benzene rings is 5. The number of para-hydroxylation sites is 1. The van der Waals surface area contributed by atoms with Crippen molar-refractivity contribution in [2.24, 2.45) is 0 Å². The third-order valence-corrected chi connectivity index (χ3v) is 7.43. The Kier molecular flexibility index (Phi) is 5.64. The Labute approximate surface area is 223 Å². The van der Waals surface area contributed by atoms with Gasteiger partial charge >= 0.3 is 0 Å². The summed E-state index contributed by atoms with van der Waals surface area (Å²) in [5, 5.41) is 3.69. The van der Waals surface area contributed by atoms with Gasteiger partial charge in [0.25, 0.3) is 0 Å². The first-order valence-corrected chi connectivity index (χ1v) is 13.3. The standard InChI is InChI=1S/C36H28N2/c1-3-10-27(11-4-1)28-18-20-32(21-19-28)38(36-17-9-13-29-12-7-8-16-34(29)36)33-22-23-35-30(26-33)24-25-37(35)31-14-5-2-6-15-31/h2-3,5-26H,1,4H2. The normalized spacial score (nSPS) is 13.1. The lowest BCUT2D eigenvalue weighted by atomic mass is 9.99. The van der Waals surface area contributed by atoms with E-state index in [-0.39, 0.29) is 0 Å².